The molecule has 338 valence electrons. The largest absolute Gasteiger partial charge is 0.467 e. The summed E-state index contributed by atoms with van der Waals surface area (Å²) in [5.41, 5.74) is 10.6. The zero-order chi connectivity index (χ0) is 45.0. The first kappa shape index (κ1) is 46.8. The molecular weight excluding hydrogens is 809 g/mol. The van der Waals surface area contributed by atoms with Gasteiger partial charge in [-0.05, 0) is 72.0 Å². The van der Waals surface area contributed by atoms with E-state index in [2.05, 4.69) is 26.0 Å². The first-order valence-corrected chi connectivity index (χ1v) is 20.7. The van der Waals surface area contributed by atoms with E-state index >= 15 is 0 Å². The number of nitrogens with one attached hydrogen (secondary N) is 3. The highest BCUT2D eigenvalue weighted by Crippen LogP contribution is 2.40. The number of benzene rings is 2. The molecule has 62 heavy (non-hydrogen) atoms. The molecule has 19 heteroatoms. The Labute approximate surface area is 360 Å². The van der Waals surface area contributed by atoms with E-state index in [0.717, 1.165) is 11.1 Å². The van der Waals surface area contributed by atoms with Crippen LogP contribution >= 0.6 is 0 Å². The average Bonchev–Trinajstić information content (AvgIpc) is 3.93. The monoisotopic (exact) mass is 866 g/mol. The second kappa shape index (κ2) is 19.0. The topological polar surface area (TPSA) is 236 Å². The summed E-state index contributed by atoms with van der Waals surface area (Å²) in [7, 11) is 1.24. The molecule has 2 aromatic rings. The minimum absolute atomic E-state index is 0.0772. The van der Waals surface area contributed by atoms with Gasteiger partial charge in [-0.2, -0.15) is 0 Å². The predicted molar refractivity (Wildman–Crippen MR) is 218 cm³/mol. The van der Waals surface area contributed by atoms with Gasteiger partial charge in [0, 0.05) is 24.3 Å². The molecule has 0 radical (unpaired) electrons. The molecule has 3 N–H and O–H groups in total. The maximum Gasteiger partial charge on any atom is 0.328 e. The lowest BCUT2D eigenvalue weighted by molar-refractivity contribution is -0.175. The molecular formula is C43H58N6O13. The minimum Gasteiger partial charge on any atom is -0.467 e. The normalized spacial score (nSPS) is 30.1. The van der Waals surface area contributed by atoms with Crippen LogP contribution in [-0.2, 0) is 74.7 Å². The molecule has 6 rings (SSSR count). The minimum atomic E-state index is -1.25. The van der Waals surface area contributed by atoms with Crippen LogP contribution in [-0.4, -0.2) is 128 Å². The van der Waals surface area contributed by atoms with Crippen molar-refractivity contribution in [2.45, 2.75) is 152 Å². The summed E-state index contributed by atoms with van der Waals surface area (Å²) < 4.78 is 54.5. The maximum atomic E-state index is 14.3. The van der Waals surface area contributed by atoms with Crippen LogP contribution in [0.2, 0.25) is 0 Å². The summed E-state index contributed by atoms with van der Waals surface area (Å²) >= 11 is 0. The van der Waals surface area contributed by atoms with E-state index in [4.69, 9.17) is 48.2 Å². The molecule has 4 saturated heterocycles. The zero-order valence-electron chi connectivity index (χ0n) is 36.5. The van der Waals surface area contributed by atoms with E-state index < -0.39 is 108 Å². The molecule has 2 aromatic carbocycles. The molecule has 0 saturated carbocycles. The fraction of sp³-hybridized carbons (Fsp3) is 0.628. The molecule has 0 unspecified atom stereocenters. The number of hydrogen-bond acceptors (Lipinski definition) is 14. The summed E-state index contributed by atoms with van der Waals surface area (Å²) in [6, 6.07) is 16.2. The highest BCUT2D eigenvalue weighted by Gasteiger charge is 2.58. The zero-order valence-corrected chi connectivity index (χ0v) is 36.5. The van der Waals surface area contributed by atoms with Crippen molar-refractivity contribution >= 4 is 23.7 Å². The quantitative estimate of drug-likeness (QED) is 0.0954. The first-order chi connectivity index (χ1) is 29.2. The van der Waals surface area contributed by atoms with E-state index in [1.807, 2.05) is 60.7 Å². The van der Waals surface area contributed by atoms with Crippen molar-refractivity contribution in [3.63, 3.8) is 0 Å². The first-order valence-electron chi connectivity index (χ1n) is 20.7. The van der Waals surface area contributed by atoms with Gasteiger partial charge in [0.05, 0.1) is 19.8 Å². The van der Waals surface area contributed by atoms with Crippen molar-refractivity contribution in [3.8, 4) is 0 Å². The van der Waals surface area contributed by atoms with E-state index in [1.54, 1.807) is 55.4 Å². The SMILES string of the molecule is COC(=O)[C@@H](Cc1ccccc1)NC(=O)[C@@H]1OC(C)(C)O[C@H]1[C@H]1OC(C)(C)O[C@@H]1CNC(=O)[C@@H](Cc1ccccc1)NC(=O)[C@@H]1OC(C)(C)O[C@H]1[C@H]1OC(C)(C)O[C@@H]1CN=[N+]=[N-]. The fourth-order valence-electron chi connectivity index (χ4n) is 8.24. The number of rotatable bonds is 16. The standard InChI is InChI=1S/C43H58N6O13/c1-40(2)55-28(30(57-40)32-35(62-42(5,6)59-32)38(52)48-27(39(53)54-9)21-25-18-14-11-15-19-25)22-45-36(50)26(20-24-16-12-10-13-17-24)47-37(51)34-33(60-43(7,8)61-34)31-29(23-46-49-44)56-41(3,4)58-31/h10-19,26-35H,20-23H2,1-9H3,(H,45,50)(H,47,51)(H,48,52)/t26-,27-,28-,29-,30+,31+,32+,33+,34-,35-/m1/s1. The molecule has 4 heterocycles. The van der Waals surface area contributed by atoms with E-state index in [0.29, 0.717) is 0 Å². The molecule has 0 aliphatic carbocycles. The molecule has 10 atom stereocenters. The van der Waals surface area contributed by atoms with Gasteiger partial charge in [-0.25, -0.2) is 4.79 Å². The Kier molecular flexibility index (Phi) is 14.3. The third-order valence-electron chi connectivity index (χ3n) is 10.7. The average molecular weight is 867 g/mol. The molecule has 3 amide bonds. The molecule has 19 nitrogen and oxygen atoms in total. The summed E-state index contributed by atoms with van der Waals surface area (Å²) in [4.78, 5) is 58.2. The number of methoxy groups -OCH3 is 1. The fourth-order valence-corrected chi connectivity index (χ4v) is 8.24. The van der Waals surface area contributed by atoms with E-state index in [-0.39, 0.29) is 25.9 Å². The predicted octanol–water partition coefficient (Wildman–Crippen LogP) is 3.12. The van der Waals surface area contributed by atoms with Crippen LogP contribution in [0.1, 0.15) is 66.5 Å². The summed E-state index contributed by atoms with van der Waals surface area (Å²) in [5, 5.41) is 12.2. The van der Waals surface area contributed by atoms with Crippen molar-refractivity contribution in [2.75, 3.05) is 20.2 Å². The van der Waals surface area contributed by atoms with E-state index in [9.17, 15) is 19.2 Å². The molecule has 0 aromatic heterocycles. The Morgan fingerprint density at radius 2 is 1.05 bits per heavy atom. The summed E-state index contributed by atoms with van der Waals surface area (Å²) in [6.07, 6.45) is -7.69. The number of azide groups is 1. The van der Waals surface area contributed by atoms with Gasteiger partial charge in [-0.15, -0.1) is 0 Å². The Hall–Kier alpha value is -4.69. The van der Waals surface area contributed by atoms with Gasteiger partial charge in [0.1, 0.15) is 42.6 Å². The van der Waals surface area contributed by atoms with Gasteiger partial charge in [-0.3, -0.25) is 14.4 Å². The maximum absolute atomic E-state index is 14.3. The number of hydrogen-bond donors (Lipinski definition) is 3. The lowest BCUT2D eigenvalue weighted by Gasteiger charge is -2.28. The van der Waals surface area contributed by atoms with Crippen LogP contribution in [0, 0.1) is 0 Å². The second-order valence-corrected chi connectivity index (χ2v) is 17.5. The Bertz CT molecular complexity index is 1960. The van der Waals surface area contributed by atoms with Crippen molar-refractivity contribution in [3.05, 3.63) is 82.2 Å². The number of esters is 1. The second-order valence-electron chi connectivity index (χ2n) is 17.5. The van der Waals surface area contributed by atoms with Crippen LogP contribution < -0.4 is 16.0 Å². The van der Waals surface area contributed by atoms with Gasteiger partial charge in [0.25, 0.3) is 11.8 Å². The van der Waals surface area contributed by atoms with Gasteiger partial charge in [0.2, 0.25) is 5.91 Å². The van der Waals surface area contributed by atoms with E-state index in [1.165, 1.54) is 7.11 Å². The van der Waals surface area contributed by atoms with Gasteiger partial charge in [-0.1, -0.05) is 65.8 Å². The molecule has 4 aliphatic rings. The van der Waals surface area contributed by atoms with Gasteiger partial charge in [0.15, 0.2) is 35.4 Å². The number of amides is 3. The molecule has 4 aliphatic heterocycles. The summed E-state index contributed by atoms with van der Waals surface area (Å²) in [5.74, 6) is -7.16. The Balaban J connectivity index is 1.19. The third kappa shape index (κ3) is 11.7. The molecule has 0 bridgehead atoms. The van der Waals surface area contributed by atoms with Crippen molar-refractivity contribution in [2.24, 2.45) is 5.11 Å². The third-order valence-corrected chi connectivity index (χ3v) is 10.7. The smallest absolute Gasteiger partial charge is 0.328 e. The number of carbonyl (C=O) groups excluding carboxylic acids is 4. The van der Waals surface area contributed by atoms with Crippen LogP contribution in [0.4, 0.5) is 0 Å². The lowest BCUT2D eigenvalue weighted by atomic mass is 10.00. The summed E-state index contributed by atoms with van der Waals surface area (Å²) in [6.45, 7) is 13.2. The van der Waals surface area contributed by atoms with Crippen LogP contribution in [0.25, 0.3) is 10.4 Å². The van der Waals surface area contributed by atoms with Crippen molar-refractivity contribution in [1.82, 2.24) is 16.0 Å². The number of ether oxygens (including phenoxy) is 9. The van der Waals surface area contributed by atoms with Crippen LogP contribution in [0.15, 0.2) is 65.8 Å². The van der Waals surface area contributed by atoms with Crippen LogP contribution in [0.5, 0.6) is 0 Å². The Morgan fingerprint density at radius 3 is 1.53 bits per heavy atom. The van der Waals surface area contributed by atoms with Crippen molar-refractivity contribution in [1.29, 1.82) is 0 Å². The molecule has 4 fully saturated rings. The highest BCUT2D eigenvalue weighted by molar-refractivity contribution is 5.90. The van der Waals surface area contributed by atoms with Gasteiger partial charge >= 0.3 is 5.97 Å². The molecule has 0 spiro atoms. The number of nitrogens with zero attached hydrogens (tertiary/aromatic N) is 3. The van der Waals surface area contributed by atoms with Crippen molar-refractivity contribution < 1.29 is 61.8 Å². The van der Waals surface area contributed by atoms with Crippen LogP contribution in [0.3, 0.4) is 0 Å². The highest BCUT2D eigenvalue weighted by atomic mass is 16.8. The number of carbonyl (C=O) groups is 4. The van der Waals surface area contributed by atoms with Gasteiger partial charge < -0.3 is 58.6 Å². The lowest BCUT2D eigenvalue weighted by Crippen LogP contribution is -2.56. The Morgan fingerprint density at radius 1 is 0.629 bits per heavy atom.